The Balaban J connectivity index is 1.93. The van der Waals surface area contributed by atoms with Gasteiger partial charge in [-0.1, -0.05) is 37.2 Å². The summed E-state index contributed by atoms with van der Waals surface area (Å²) in [6, 6.07) is 9.21. The lowest BCUT2D eigenvalue weighted by atomic mass is 10.1. The average molecular weight is 262 g/mol. The van der Waals surface area contributed by atoms with Gasteiger partial charge in [-0.25, -0.2) is 0 Å². The van der Waals surface area contributed by atoms with Crippen LogP contribution >= 0.6 is 11.8 Å². The monoisotopic (exact) mass is 262 g/mol. The third-order valence-corrected chi connectivity index (χ3v) is 4.06. The van der Waals surface area contributed by atoms with E-state index in [2.05, 4.69) is 48.4 Å². The predicted octanol–water partition coefficient (Wildman–Crippen LogP) is 4.32. The number of hydrogen-bond acceptors (Lipinski definition) is 3. The first-order valence-corrected chi connectivity index (χ1v) is 7.83. The number of unbranched alkanes of at least 4 members (excludes halogenated alkanes) is 1. The molecule has 0 aliphatic carbocycles. The fraction of sp³-hybridized carbons (Fsp3) is 0.533. The summed E-state index contributed by atoms with van der Waals surface area (Å²) in [6.07, 6.45) is 4.90. The summed E-state index contributed by atoms with van der Waals surface area (Å²) in [4.78, 5) is 4.62. The van der Waals surface area contributed by atoms with E-state index in [0.717, 1.165) is 10.9 Å². The lowest BCUT2D eigenvalue weighted by Gasteiger charge is -2.17. The molecule has 0 bridgehead atoms. The zero-order chi connectivity index (χ0) is 12.8. The van der Waals surface area contributed by atoms with Crippen molar-refractivity contribution in [3.8, 4) is 0 Å². The Hall–Kier alpha value is -0.960. The van der Waals surface area contributed by atoms with E-state index in [1.807, 2.05) is 11.8 Å². The maximum atomic E-state index is 4.62. The van der Waals surface area contributed by atoms with Crippen LogP contribution in [-0.2, 0) is 6.42 Å². The lowest BCUT2D eigenvalue weighted by Crippen LogP contribution is -2.17. The van der Waals surface area contributed by atoms with Crippen molar-refractivity contribution in [3.63, 3.8) is 0 Å². The molecule has 3 heteroatoms. The molecule has 0 spiro atoms. The first kappa shape index (κ1) is 13.5. The van der Waals surface area contributed by atoms with Crippen LogP contribution in [0.25, 0.3) is 0 Å². The van der Waals surface area contributed by atoms with Crippen LogP contribution in [0.2, 0.25) is 0 Å². The van der Waals surface area contributed by atoms with Crippen LogP contribution in [0.5, 0.6) is 0 Å². The summed E-state index contributed by atoms with van der Waals surface area (Å²) in [6.45, 7) is 4.41. The number of aliphatic imine (C=N–C) groups is 1. The molecular weight excluding hydrogens is 240 g/mol. The van der Waals surface area contributed by atoms with Gasteiger partial charge < -0.3 is 5.32 Å². The van der Waals surface area contributed by atoms with Crippen molar-refractivity contribution in [1.29, 1.82) is 0 Å². The molecule has 18 heavy (non-hydrogen) atoms. The second kappa shape index (κ2) is 6.83. The largest absolute Gasteiger partial charge is 0.335 e. The van der Waals surface area contributed by atoms with Crippen molar-refractivity contribution >= 4 is 22.6 Å². The number of amidine groups is 1. The highest BCUT2D eigenvalue weighted by atomic mass is 32.2. The van der Waals surface area contributed by atoms with Crippen molar-refractivity contribution in [1.82, 2.24) is 0 Å². The summed E-state index contributed by atoms with van der Waals surface area (Å²) in [5, 5.41) is 4.47. The van der Waals surface area contributed by atoms with E-state index in [1.54, 1.807) is 0 Å². The minimum Gasteiger partial charge on any atom is -0.335 e. The number of aryl methyl sites for hydroxylation is 1. The molecule has 0 aromatic heterocycles. The predicted molar refractivity (Wildman–Crippen MR) is 82.6 cm³/mol. The van der Waals surface area contributed by atoms with E-state index < -0.39 is 0 Å². The molecule has 1 aromatic carbocycles. The Labute approximate surface area is 114 Å². The first-order valence-electron chi connectivity index (χ1n) is 6.84. The maximum absolute atomic E-state index is 4.62. The second-order valence-electron chi connectivity index (χ2n) is 4.85. The number of nitrogens with one attached hydrogen (secondary N) is 1. The van der Waals surface area contributed by atoms with Crippen molar-refractivity contribution in [2.45, 2.75) is 45.6 Å². The van der Waals surface area contributed by atoms with Crippen LogP contribution in [0.15, 0.2) is 29.3 Å². The SMILES string of the molecule is CCCCc1ccc(NC2=NC(C)CCS2)cc1. The molecule has 0 amide bonds. The number of benzene rings is 1. The third-order valence-electron chi connectivity index (χ3n) is 3.14. The number of hydrogen-bond donors (Lipinski definition) is 1. The van der Waals surface area contributed by atoms with Crippen molar-refractivity contribution in [2.75, 3.05) is 11.1 Å². The quantitative estimate of drug-likeness (QED) is 0.873. The van der Waals surface area contributed by atoms with E-state index in [4.69, 9.17) is 0 Å². The van der Waals surface area contributed by atoms with Gasteiger partial charge >= 0.3 is 0 Å². The van der Waals surface area contributed by atoms with E-state index in [1.165, 1.54) is 37.0 Å². The number of rotatable bonds is 4. The zero-order valence-electron chi connectivity index (χ0n) is 11.3. The van der Waals surface area contributed by atoms with Gasteiger partial charge in [0.2, 0.25) is 0 Å². The summed E-state index contributed by atoms with van der Waals surface area (Å²) < 4.78 is 0. The summed E-state index contributed by atoms with van der Waals surface area (Å²) in [5.74, 6) is 1.17. The second-order valence-corrected chi connectivity index (χ2v) is 5.93. The van der Waals surface area contributed by atoms with Gasteiger partial charge in [0.05, 0.1) is 6.04 Å². The molecule has 1 unspecified atom stereocenters. The smallest absolute Gasteiger partial charge is 0.161 e. The van der Waals surface area contributed by atoms with Crippen LogP contribution in [0.4, 0.5) is 5.69 Å². The van der Waals surface area contributed by atoms with Crippen LogP contribution in [0.3, 0.4) is 0 Å². The molecule has 98 valence electrons. The Bertz CT molecular complexity index is 397. The normalized spacial score (nSPS) is 19.4. The fourth-order valence-electron chi connectivity index (χ4n) is 1.96. The topological polar surface area (TPSA) is 24.4 Å². The third kappa shape index (κ3) is 4.05. The van der Waals surface area contributed by atoms with Gasteiger partial charge in [-0.3, -0.25) is 4.99 Å². The van der Waals surface area contributed by atoms with Crippen LogP contribution < -0.4 is 5.32 Å². The van der Waals surface area contributed by atoms with Crippen molar-refractivity contribution in [3.05, 3.63) is 29.8 Å². The molecule has 2 rings (SSSR count). The van der Waals surface area contributed by atoms with Crippen molar-refractivity contribution < 1.29 is 0 Å². The Morgan fingerprint density at radius 1 is 1.33 bits per heavy atom. The standard InChI is InChI=1S/C15H22N2S/c1-3-4-5-13-6-8-14(9-7-13)17-15-16-12(2)10-11-18-15/h6-9,12H,3-5,10-11H2,1-2H3,(H,16,17). The van der Waals surface area contributed by atoms with Gasteiger partial charge in [-0.15, -0.1) is 0 Å². The summed E-state index contributed by atoms with van der Waals surface area (Å²) in [5.41, 5.74) is 2.57. The minimum absolute atomic E-state index is 0.456. The zero-order valence-corrected chi connectivity index (χ0v) is 12.1. The molecule has 0 saturated heterocycles. The Morgan fingerprint density at radius 3 is 2.78 bits per heavy atom. The van der Waals surface area contributed by atoms with E-state index in [0.29, 0.717) is 6.04 Å². The van der Waals surface area contributed by atoms with Crippen LogP contribution in [-0.4, -0.2) is 17.0 Å². The molecule has 0 radical (unpaired) electrons. The molecule has 1 heterocycles. The van der Waals surface area contributed by atoms with Gasteiger partial charge in [0.1, 0.15) is 0 Å². The fourth-order valence-corrected chi connectivity index (χ4v) is 3.05. The molecule has 1 aliphatic heterocycles. The number of thioether (sulfide) groups is 1. The van der Waals surface area contributed by atoms with Crippen LogP contribution in [0, 0.1) is 0 Å². The van der Waals surface area contributed by atoms with Crippen molar-refractivity contribution in [2.24, 2.45) is 4.99 Å². The first-order chi connectivity index (χ1) is 8.78. The molecule has 2 nitrogen and oxygen atoms in total. The number of anilines is 1. The molecule has 0 fully saturated rings. The summed E-state index contributed by atoms with van der Waals surface area (Å²) in [7, 11) is 0. The highest BCUT2D eigenvalue weighted by Gasteiger charge is 2.11. The molecule has 1 aliphatic rings. The van der Waals surface area contributed by atoms with Gasteiger partial charge in [-0.05, 0) is 43.9 Å². The van der Waals surface area contributed by atoms with Gasteiger partial charge in [0.25, 0.3) is 0 Å². The summed E-state index contributed by atoms with van der Waals surface area (Å²) >= 11 is 1.82. The highest BCUT2D eigenvalue weighted by Crippen LogP contribution is 2.20. The van der Waals surface area contributed by atoms with E-state index >= 15 is 0 Å². The van der Waals surface area contributed by atoms with Gasteiger partial charge in [0, 0.05) is 11.4 Å². The highest BCUT2D eigenvalue weighted by molar-refractivity contribution is 8.14. The molecule has 1 aromatic rings. The average Bonchev–Trinajstić information content (AvgIpc) is 2.38. The molecule has 1 atom stereocenters. The van der Waals surface area contributed by atoms with E-state index in [-0.39, 0.29) is 0 Å². The minimum atomic E-state index is 0.456. The maximum Gasteiger partial charge on any atom is 0.161 e. The van der Waals surface area contributed by atoms with Gasteiger partial charge in [0.15, 0.2) is 5.17 Å². The molecule has 0 saturated carbocycles. The van der Waals surface area contributed by atoms with E-state index in [9.17, 15) is 0 Å². The Kier molecular flexibility index (Phi) is 5.12. The lowest BCUT2D eigenvalue weighted by molar-refractivity contribution is 0.720. The Morgan fingerprint density at radius 2 is 2.11 bits per heavy atom. The van der Waals surface area contributed by atoms with Gasteiger partial charge in [-0.2, -0.15) is 0 Å². The molecular formula is C15H22N2S. The molecule has 1 N–H and O–H groups in total. The number of nitrogens with zero attached hydrogens (tertiary/aromatic N) is 1. The van der Waals surface area contributed by atoms with Crippen LogP contribution in [0.1, 0.15) is 38.7 Å².